The van der Waals surface area contributed by atoms with Gasteiger partial charge in [0.25, 0.3) is 0 Å². The van der Waals surface area contributed by atoms with Crippen molar-refractivity contribution in [3.05, 3.63) is 75.8 Å². The summed E-state index contributed by atoms with van der Waals surface area (Å²) in [6.07, 6.45) is 3.31. The Bertz CT molecular complexity index is 509. The van der Waals surface area contributed by atoms with E-state index >= 15 is 0 Å². The highest BCUT2D eigenvalue weighted by molar-refractivity contribution is 14.1. The van der Waals surface area contributed by atoms with Crippen molar-refractivity contribution in [3.63, 3.8) is 0 Å². The fourth-order valence-corrected chi connectivity index (χ4v) is 2.42. The van der Waals surface area contributed by atoms with Crippen molar-refractivity contribution in [1.82, 2.24) is 0 Å². The van der Waals surface area contributed by atoms with Gasteiger partial charge in [-0.2, -0.15) is 0 Å². The molecule has 0 radical (unpaired) electrons. The number of alkyl halides is 1. The van der Waals surface area contributed by atoms with Gasteiger partial charge >= 0.3 is 0 Å². The molecule has 0 atom stereocenters. The fourth-order valence-electron chi connectivity index (χ4n) is 1.86. The highest BCUT2D eigenvalue weighted by atomic mass is 127. The van der Waals surface area contributed by atoms with Gasteiger partial charge in [0, 0.05) is 14.5 Å². The lowest BCUT2D eigenvalue weighted by atomic mass is 9.97. The first-order valence-electron chi connectivity index (χ1n) is 5.98. The van der Waals surface area contributed by atoms with Gasteiger partial charge in [0.15, 0.2) is 0 Å². The van der Waals surface area contributed by atoms with Crippen LogP contribution in [-0.2, 0) is 0 Å². The molecule has 0 aliphatic rings. The summed E-state index contributed by atoms with van der Waals surface area (Å²) in [5, 5.41) is 1.51. The van der Waals surface area contributed by atoms with Crippen LogP contribution in [0.1, 0.15) is 17.5 Å². The van der Waals surface area contributed by atoms with E-state index < -0.39 is 0 Å². The minimum absolute atomic E-state index is 0.757. The van der Waals surface area contributed by atoms with Crippen LogP contribution in [-0.4, -0.2) is 4.43 Å². The summed E-state index contributed by atoms with van der Waals surface area (Å²) in [6.45, 7) is 0. The summed E-state index contributed by atoms with van der Waals surface area (Å²) in [4.78, 5) is 0. The number of halogens is 3. The quantitative estimate of drug-likeness (QED) is 0.418. The molecule has 0 bridgehead atoms. The molecule has 0 heterocycles. The predicted octanol–water partition coefficient (Wildman–Crippen LogP) is 6.25. The Labute approximate surface area is 137 Å². The zero-order valence-electron chi connectivity index (χ0n) is 10.2. The Morgan fingerprint density at radius 1 is 0.842 bits per heavy atom. The van der Waals surface area contributed by atoms with Crippen LogP contribution in [0.4, 0.5) is 0 Å². The van der Waals surface area contributed by atoms with Crippen molar-refractivity contribution in [3.8, 4) is 0 Å². The molecule has 0 unspecified atom stereocenters. The summed E-state index contributed by atoms with van der Waals surface area (Å²) < 4.78 is 1.10. The summed E-state index contributed by atoms with van der Waals surface area (Å²) in [5.74, 6) is 0. The van der Waals surface area contributed by atoms with Crippen molar-refractivity contribution in [2.75, 3.05) is 4.43 Å². The number of allylic oxidation sites excluding steroid dienone is 1. The second-order valence-corrected chi connectivity index (χ2v) is 6.06. The number of benzene rings is 2. The number of hydrogen-bond acceptors (Lipinski definition) is 0. The third-order valence-electron chi connectivity index (χ3n) is 2.77. The van der Waals surface area contributed by atoms with Crippen molar-refractivity contribution < 1.29 is 0 Å². The molecule has 0 N–H and O–H groups in total. The largest absolute Gasteiger partial charge is 0.0860 e. The smallest absolute Gasteiger partial charge is 0.0406 e. The second kappa shape index (κ2) is 7.32. The van der Waals surface area contributed by atoms with E-state index in [0.717, 1.165) is 20.9 Å². The average Bonchev–Trinajstić information content (AvgIpc) is 2.43. The second-order valence-electron chi connectivity index (χ2n) is 4.11. The van der Waals surface area contributed by atoms with Crippen LogP contribution in [0.15, 0.2) is 54.6 Å². The SMILES string of the molecule is Clc1ccc(C(=CCCI)c2ccc(Cl)cc2)cc1. The van der Waals surface area contributed by atoms with Gasteiger partial charge in [0.05, 0.1) is 0 Å². The molecule has 0 aromatic heterocycles. The minimum atomic E-state index is 0.757. The first kappa shape index (κ1) is 14.9. The third kappa shape index (κ3) is 4.23. The monoisotopic (exact) mass is 402 g/mol. The van der Waals surface area contributed by atoms with Crippen LogP contribution in [0.2, 0.25) is 10.0 Å². The number of hydrogen-bond donors (Lipinski definition) is 0. The molecule has 0 fully saturated rings. The summed E-state index contributed by atoms with van der Waals surface area (Å²) in [6, 6.07) is 15.9. The molecule has 2 aromatic carbocycles. The van der Waals surface area contributed by atoms with Crippen LogP contribution in [0.3, 0.4) is 0 Å². The van der Waals surface area contributed by atoms with E-state index in [1.807, 2.05) is 24.3 Å². The van der Waals surface area contributed by atoms with E-state index in [9.17, 15) is 0 Å². The molecule has 2 rings (SSSR count). The molecule has 2 aromatic rings. The fraction of sp³-hybridized carbons (Fsp3) is 0.125. The molecule has 0 aliphatic heterocycles. The summed E-state index contributed by atoms with van der Waals surface area (Å²) in [7, 11) is 0. The van der Waals surface area contributed by atoms with Crippen LogP contribution in [0.25, 0.3) is 5.57 Å². The molecule has 0 saturated carbocycles. The van der Waals surface area contributed by atoms with Gasteiger partial charge < -0.3 is 0 Å². The lowest BCUT2D eigenvalue weighted by molar-refractivity contribution is 1.27. The Kier molecular flexibility index (Phi) is 5.74. The molecule has 3 heteroatoms. The maximum absolute atomic E-state index is 5.95. The first-order valence-corrected chi connectivity index (χ1v) is 8.27. The molecule has 0 aliphatic carbocycles. The Hall–Kier alpha value is -0.510. The number of rotatable bonds is 4. The van der Waals surface area contributed by atoms with Crippen molar-refractivity contribution in [2.24, 2.45) is 0 Å². The topological polar surface area (TPSA) is 0 Å². The van der Waals surface area contributed by atoms with Gasteiger partial charge in [-0.25, -0.2) is 0 Å². The summed E-state index contributed by atoms with van der Waals surface area (Å²) >= 11 is 14.3. The van der Waals surface area contributed by atoms with Gasteiger partial charge in [0.2, 0.25) is 0 Å². The Balaban J connectivity index is 2.41. The van der Waals surface area contributed by atoms with Crippen LogP contribution in [0, 0.1) is 0 Å². The van der Waals surface area contributed by atoms with Crippen molar-refractivity contribution >= 4 is 51.4 Å². The normalized spacial score (nSPS) is 10.3. The summed E-state index contributed by atoms with van der Waals surface area (Å²) in [5.41, 5.74) is 3.58. The molecule has 0 spiro atoms. The van der Waals surface area contributed by atoms with E-state index in [4.69, 9.17) is 23.2 Å². The molecule has 0 nitrogen and oxygen atoms in total. The molecule has 98 valence electrons. The molecule has 0 amide bonds. The Morgan fingerprint density at radius 2 is 1.26 bits per heavy atom. The third-order valence-corrected chi connectivity index (χ3v) is 3.89. The highest BCUT2D eigenvalue weighted by Crippen LogP contribution is 2.26. The van der Waals surface area contributed by atoms with Crippen LogP contribution >= 0.6 is 45.8 Å². The van der Waals surface area contributed by atoms with Crippen molar-refractivity contribution in [2.45, 2.75) is 6.42 Å². The standard InChI is InChI=1S/C16H13Cl2I/c17-14-7-3-12(4-8-14)16(2-1-11-19)13-5-9-15(18)10-6-13/h2-10H,1,11H2. The zero-order chi connectivity index (χ0) is 13.7. The van der Waals surface area contributed by atoms with Crippen LogP contribution < -0.4 is 0 Å². The van der Waals surface area contributed by atoms with E-state index in [1.54, 1.807) is 0 Å². The maximum Gasteiger partial charge on any atom is 0.0406 e. The van der Waals surface area contributed by atoms with Gasteiger partial charge in [-0.15, -0.1) is 0 Å². The highest BCUT2D eigenvalue weighted by Gasteiger charge is 2.05. The predicted molar refractivity (Wildman–Crippen MR) is 93.5 cm³/mol. The van der Waals surface area contributed by atoms with E-state index in [0.29, 0.717) is 0 Å². The van der Waals surface area contributed by atoms with Gasteiger partial charge in [-0.05, 0) is 47.4 Å². The van der Waals surface area contributed by atoms with E-state index in [1.165, 1.54) is 16.7 Å². The first-order chi connectivity index (χ1) is 9.20. The Morgan fingerprint density at radius 3 is 1.63 bits per heavy atom. The average molecular weight is 403 g/mol. The lowest BCUT2D eigenvalue weighted by Crippen LogP contribution is -1.88. The zero-order valence-corrected chi connectivity index (χ0v) is 13.9. The van der Waals surface area contributed by atoms with Gasteiger partial charge in [0.1, 0.15) is 0 Å². The molecule has 19 heavy (non-hydrogen) atoms. The molecular formula is C16H13Cl2I. The van der Waals surface area contributed by atoms with Crippen molar-refractivity contribution in [1.29, 1.82) is 0 Å². The maximum atomic E-state index is 5.95. The van der Waals surface area contributed by atoms with Crippen LogP contribution in [0.5, 0.6) is 0 Å². The minimum Gasteiger partial charge on any atom is -0.0860 e. The molecule has 0 saturated heterocycles. The lowest BCUT2D eigenvalue weighted by Gasteiger charge is -2.09. The van der Waals surface area contributed by atoms with E-state index in [2.05, 4.69) is 52.9 Å². The van der Waals surface area contributed by atoms with Gasteiger partial charge in [-0.3, -0.25) is 0 Å². The van der Waals surface area contributed by atoms with E-state index in [-0.39, 0.29) is 0 Å². The molecular weight excluding hydrogens is 390 g/mol. The van der Waals surface area contributed by atoms with Gasteiger partial charge in [-0.1, -0.05) is 76.1 Å².